The number of fused-ring (bicyclic) bond motifs is 3. The molecule has 0 saturated carbocycles. The van der Waals surface area contributed by atoms with Crippen LogP contribution in [0.25, 0.3) is 61.4 Å². The van der Waals surface area contributed by atoms with Crippen LogP contribution in [0.15, 0.2) is 134 Å². The van der Waals surface area contributed by atoms with Crippen molar-refractivity contribution in [1.82, 2.24) is 19.5 Å². The molecule has 0 bridgehead atoms. The molecule has 0 aliphatic rings. The second-order valence-corrected chi connectivity index (χ2v) is 8.98. The van der Waals surface area contributed by atoms with Crippen molar-refractivity contribution in [2.45, 2.75) is 0 Å². The van der Waals surface area contributed by atoms with Crippen LogP contribution in [0.2, 0.25) is 0 Å². The average Bonchev–Trinajstić information content (AvgIpc) is 3.32. The van der Waals surface area contributed by atoms with Gasteiger partial charge in [0.25, 0.3) is 0 Å². The number of hydrogen-bond donors (Lipinski definition) is 0. The molecular formula is C33H22N4. The van der Waals surface area contributed by atoms with Crippen molar-refractivity contribution in [3.05, 3.63) is 134 Å². The summed E-state index contributed by atoms with van der Waals surface area (Å²) in [5.74, 6) is 0. The Morgan fingerprint density at radius 1 is 0.459 bits per heavy atom. The van der Waals surface area contributed by atoms with Gasteiger partial charge in [0, 0.05) is 34.4 Å². The van der Waals surface area contributed by atoms with Crippen LogP contribution in [-0.4, -0.2) is 19.5 Å². The molecule has 0 aliphatic carbocycles. The molecule has 0 aliphatic heterocycles. The maximum atomic E-state index is 5.01. The monoisotopic (exact) mass is 474 g/mol. The van der Waals surface area contributed by atoms with E-state index in [0.717, 1.165) is 56.0 Å². The zero-order chi connectivity index (χ0) is 24.6. The van der Waals surface area contributed by atoms with E-state index < -0.39 is 0 Å². The van der Waals surface area contributed by atoms with Gasteiger partial charge in [-0.05, 0) is 65.7 Å². The van der Waals surface area contributed by atoms with Crippen molar-refractivity contribution in [2.75, 3.05) is 0 Å². The quantitative estimate of drug-likeness (QED) is 0.260. The maximum Gasteiger partial charge on any atom is 0.145 e. The van der Waals surface area contributed by atoms with Gasteiger partial charge in [0.1, 0.15) is 5.65 Å². The van der Waals surface area contributed by atoms with Gasteiger partial charge in [0.05, 0.1) is 22.6 Å². The zero-order valence-electron chi connectivity index (χ0n) is 20.0. The number of pyridine rings is 3. The summed E-state index contributed by atoms with van der Waals surface area (Å²) in [6.45, 7) is 0. The van der Waals surface area contributed by atoms with Crippen molar-refractivity contribution < 1.29 is 0 Å². The van der Waals surface area contributed by atoms with Crippen LogP contribution in [-0.2, 0) is 0 Å². The molecule has 4 nitrogen and oxygen atoms in total. The van der Waals surface area contributed by atoms with Gasteiger partial charge in [-0.3, -0.25) is 9.55 Å². The molecule has 4 heteroatoms. The van der Waals surface area contributed by atoms with Gasteiger partial charge < -0.3 is 0 Å². The van der Waals surface area contributed by atoms with Crippen LogP contribution in [0, 0.1) is 0 Å². The fourth-order valence-corrected chi connectivity index (χ4v) is 4.96. The molecule has 0 fully saturated rings. The van der Waals surface area contributed by atoms with Crippen molar-refractivity contribution in [2.24, 2.45) is 0 Å². The fourth-order valence-electron chi connectivity index (χ4n) is 4.96. The Morgan fingerprint density at radius 3 is 2.03 bits per heavy atom. The smallest absolute Gasteiger partial charge is 0.145 e. The SMILES string of the molecule is c1ccc(-c2cc(-c3ccc(-n4c5ccccc5c5cccnc54)cc3)nc(-c3ccccn3)c2)cc1. The number of rotatable bonds is 4. The predicted octanol–water partition coefficient (Wildman–Crippen LogP) is 7.97. The van der Waals surface area contributed by atoms with Crippen molar-refractivity contribution >= 4 is 21.9 Å². The third-order valence-electron chi connectivity index (χ3n) is 6.71. The summed E-state index contributed by atoms with van der Waals surface area (Å²) in [4.78, 5) is 14.3. The van der Waals surface area contributed by atoms with Crippen LogP contribution in [0.3, 0.4) is 0 Å². The minimum Gasteiger partial charge on any atom is -0.294 e. The Kier molecular flexibility index (Phi) is 5.07. The first-order valence-corrected chi connectivity index (χ1v) is 12.3. The van der Waals surface area contributed by atoms with Crippen LogP contribution in [0.4, 0.5) is 0 Å². The molecule has 0 amide bonds. The molecule has 7 aromatic rings. The normalized spacial score (nSPS) is 11.2. The van der Waals surface area contributed by atoms with E-state index in [1.165, 1.54) is 5.39 Å². The number of benzene rings is 3. The van der Waals surface area contributed by atoms with Crippen LogP contribution in [0.5, 0.6) is 0 Å². The number of hydrogen-bond acceptors (Lipinski definition) is 3. The summed E-state index contributed by atoms with van der Waals surface area (Å²) >= 11 is 0. The highest BCUT2D eigenvalue weighted by molar-refractivity contribution is 6.07. The summed E-state index contributed by atoms with van der Waals surface area (Å²) in [5, 5.41) is 2.35. The highest BCUT2D eigenvalue weighted by atomic mass is 15.0. The Labute approximate surface area is 214 Å². The molecule has 174 valence electrons. The van der Waals surface area contributed by atoms with Gasteiger partial charge in [-0.15, -0.1) is 0 Å². The molecule has 0 unspecified atom stereocenters. The lowest BCUT2D eigenvalue weighted by Gasteiger charge is -2.11. The molecule has 0 radical (unpaired) electrons. The molecule has 0 atom stereocenters. The maximum absolute atomic E-state index is 5.01. The first-order valence-electron chi connectivity index (χ1n) is 12.3. The Balaban J connectivity index is 1.37. The minimum atomic E-state index is 0.854. The lowest BCUT2D eigenvalue weighted by atomic mass is 10.0. The second-order valence-electron chi connectivity index (χ2n) is 8.98. The average molecular weight is 475 g/mol. The number of aromatic nitrogens is 4. The van der Waals surface area contributed by atoms with E-state index in [1.54, 1.807) is 6.20 Å². The second kappa shape index (κ2) is 8.85. The molecule has 7 rings (SSSR count). The number of nitrogens with zero attached hydrogens (tertiary/aromatic N) is 4. The largest absolute Gasteiger partial charge is 0.294 e. The molecule has 0 spiro atoms. The summed E-state index contributed by atoms with van der Waals surface area (Å²) in [6.07, 6.45) is 3.66. The van der Waals surface area contributed by atoms with Gasteiger partial charge in [-0.1, -0.05) is 66.7 Å². The lowest BCUT2D eigenvalue weighted by molar-refractivity contribution is 1.13. The van der Waals surface area contributed by atoms with E-state index in [4.69, 9.17) is 9.97 Å². The van der Waals surface area contributed by atoms with Gasteiger partial charge in [0.15, 0.2) is 0 Å². The van der Waals surface area contributed by atoms with Gasteiger partial charge in [-0.2, -0.15) is 0 Å². The fraction of sp³-hybridized carbons (Fsp3) is 0. The number of para-hydroxylation sites is 1. The van der Waals surface area contributed by atoms with Crippen LogP contribution >= 0.6 is 0 Å². The van der Waals surface area contributed by atoms with E-state index >= 15 is 0 Å². The highest BCUT2D eigenvalue weighted by Gasteiger charge is 2.14. The summed E-state index contributed by atoms with van der Waals surface area (Å²) in [5.41, 5.74) is 9.10. The molecule has 0 N–H and O–H groups in total. The standard InChI is InChI=1S/C33H22N4/c1-2-9-23(10-3-1)25-21-30(36-31(22-25)29-13-6-7-19-34-29)24-15-17-26(18-16-24)37-32-14-5-4-11-27(32)28-12-8-20-35-33(28)37/h1-22H. The predicted molar refractivity (Wildman–Crippen MR) is 150 cm³/mol. The van der Waals surface area contributed by atoms with Crippen LogP contribution < -0.4 is 0 Å². The van der Waals surface area contributed by atoms with Crippen molar-refractivity contribution in [3.63, 3.8) is 0 Å². The molecule has 0 saturated heterocycles. The van der Waals surface area contributed by atoms with Crippen LogP contribution in [0.1, 0.15) is 0 Å². The molecule has 3 aromatic carbocycles. The molecule has 4 aromatic heterocycles. The zero-order valence-corrected chi connectivity index (χ0v) is 20.0. The van der Waals surface area contributed by atoms with E-state index in [1.807, 2.05) is 36.5 Å². The van der Waals surface area contributed by atoms with Gasteiger partial charge in [0.2, 0.25) is 0 Å². The van der Waals surface area contributed by atoms with E-state index in [-0.39, 0.29) is 0 Å². The molecule has 4 heterocycles. The third kappa shape index (κ3) is 3.76. The summed E-state index contributed by atoms with van der Waals surface area (Å²) in [6, 6.07) is 41.7. The molecule has 37 heavy (non-hydrogen) atoms. The van der Waals surface area contributed by atoms with Crippen molar-refractivity contribution in [1.29, 1.82) is 0 Å². The van der Waals surface area contributed by atoms with E-state index in [2.05, 4.69) is 101 Å². The van der Waals surface area contributed by atoms with Gasteiger partial charge >= 0.3 is 0 Å². The Morgan fingerprint density at radius 2 is 1.19 bits per heavy atom. The lowest BCUT2D eigenvalue weighted by Crippen LogP contribution is -1.96. The molecular weight excluding hydrogens is 452 g/mol. The van der Waals surface area contributed by atoms with E-state index in [0.29, 0.717) is 0 Å². The summed E-state index contributed by atoms with van der Waals surface area (Å²) in [7, 11) is 0. The van der Waals surface area contributed by atoms with E-state index in [9.17, 15) is 0 Å². The first-order chi connectivity index (χ1) is 18.3. The van der Waals surface area contributed by atoms with Crippen molar-refractivity contribution in [3.8, 4) is 39.5 Å². The Bertz CT molecular complexity index is 1740. The summed E-state index contributed by atoms with van der Waals surface area (Å²) < 4.78 is 2.22. The Hall–Kier alpha value is -5.09. The third-order valence-corrected chi connectivity index (χ3v) is 6.71. The topological polar surface area (TPSA) is 43.6 Å². The highest BCUT2D eigenvalue weighted by Crippen LogP contribution is 2.33. The van der Waals surface area contributed by atoms with Gasteiger partial charge in [-0.25, -0.2) is 9.97 Å². The minimum absolute atomic E-state index is 0.854. The first kappa shape index (κ1) is 21.2.